The maximum absolute atomic E-state index is 12.7. The monoisotopic (exact) mass is 431 g/mol. The molecule has 3 aromatic rings. The lowest BCUT2D eigenvalue weighted by Crippen LogP contribution is -2.48. The third-order valence-electron chi connectivity index (χ3n) is 6.39. The highest BCUT2D eigenvalue weighted by Gasteiger charge is 2.29. The lowest BCUT2D eigenvalue weighted by Gasteiger charge is -2.34. The van der Waals surface area contributed by atoms with Crippen molar-refractivity contribution in [3.05, 3.63) is 60.6 Å². The number of hydrogen-bond donors (Lipinski definition) is 1. The number of amides is 1. The summed E-state index contributed by atoms with van der Waals surface area (Å²) in [4.78, 5) is 26.2. The van der Waals surface area contributed by atoms with Crippen molar-refractivity contribution in [2.75, 3.05) is 31.1 Å². The molecule has 4 heterocycles. The van der Waals surface area contributed by atoms with Gasteiger partial charge >= 0.3 is 0 Å². The Kier molecular flexibility index (Phi) is 5.85. The summed E-state index contributed by atoms with van der Waals surface area (Å²) in [6.07, 6.45) is 8.67. The standard InChI is InChI=1S/C24H29N7O/c1-29-16-19(15-26-29)22-7-11-25-24(28-22)31-14-10-21(17-31)27-20-8-12-30(13-9-20)23(32)18-5-3-2-4-6-18/h2-7,11,15-16,20-21,27H,8-10,12-14,17H2,1H3. The van der Waals surface area contributed by atoms with E-state index in [-0.39, 0.29) is 5.91 Å². The van der Waals surface area contributed by atoms with Gasteiger partial charge in [0.2, 0.25) is 5.95 Å². The molecule has 0 bridgehead atoms. The van der Waals surface area contributed by atoms with Crippen LogP contribution in [0.3, 0.4) is 0 Å². The van der Waals surface area contributed by atoms with Gasteiger partial charge < -0.3 is 15.1 Å². The van der Waals surface area contributed by atoms with Crippen molar-refractivity contribution < 1.29 is 4.79 Å². The fraction of sp³-hybridized carbons (Fsp3) is 0.417. The number of anilines is 1. The van der Waals surface area contributed by atoms with Gasteiger partial charge in [0.05, 0.1) is 11.9 Å². The highest BCUT2D eigenvalue weighted by atomic mass is 16.2. The van der Waals surface area contributed by atoms with Gasteiger partial charge in [0.15, 0.2) is 0 Å². The number of likely N-dealkylation sites (tertiary alicyclic amines) is 1. The molecule has 2 saturated heterocycles. The van der Waals surface area contributed by atoms with Gasteiger partial charge in [0, 0.05) is 68.8 Å². The smallest absolute Gasteiger partial charge is 0.253 e. The summed E-state index contributed by atoms with van der Waals surface area (Å²) in [5, 5.41) is 8.06. The van der Waals surface area contributed by atoms with Crippen molar-refractivity contribution in [2.24, 2.45) is 7.05 Å². The normalized spacial score (nSPS) is 19.5. The molecule has 5 rings (SSSR count). The van der Waals surface area contributed by atoms with Crippen LogP contribution in [-0.2, 0) is 7.05 Å². The highest BCUT2D eigenvalue weighted by molar-refractivity contribution is 5.94. The molecule has 2 fully saturated rings. The van der Waals surface area contributed by atoms with Crippen LogP contribution < -0.4 is 10.2 Å². The van der Waals surface area contributed by atoms with E-state index >= 15 is 0 Å². The summed E-state index contributed by atoms with van der Waals surface area (Å²) in [7, 11) is 1.91. The van der Waals surface area contributed by atoms with Gasteiger partial charge in [-0.2, -0.15) is 5.10 Å². The van der Waals surface area contributed by atoms with Crippen LogP contribution >= 0.6 is 0 Å². The number of carbonyl (C=O) groups is 1. The fourth-order valence-corrected chi connectivity index (χ4v) is 4.64. The number of piperidine rings is 1. The third kappa shape index (κ3) is 4.50. The third-order valence-corrected chi connectivity index (χ3v) is 6.39. The van der Waals surface area contributed by atoms with Gasteiger partial charge in [-0.1, -0.05) is 18.2 Å². The minimum Gasteiger partial charge on any atom is -0.339 e. The Morgan fingerprint density at radius 1 is 1.03 bits per heavy atom. The first-order chi connectivity index (χ1) is 15.7. The molecule has 2 aromatic heterocycles. The molecule has 0 radical (unpaired) electrons. The molecule has 166 valence electrons. The van der Waals surface area contributed by atoms with E-state index in [1.54, 1.807) is 4.68 Å². The summed E-state index contributed by atoms with van der Waals surface area (Å²) in [5.74, 6) is 0.917. The Hall–Kier alpha value is -3.26. The largest absolute Gasteiger partial charge is 0.339 e. The topological polar surface area (TPSA) is 79.2 Å². The van der Waals surface area contributed by atoms with E-state index in [0.717, 1.165) is 68.2 Å². The van der Waals surface area contributed by atoms with Crippen LogP contribution in [0.15, 0.2) is 55.0 Å². The molecule has 8 nitrogen and oxygen atoms in total. The Morgan fingerprint density at radius 2 is 1.81 bits per heavy atom. The zero-order valence-electron chi connectivity index (χ0n) is 18.4. The molecule has 1 atom stereocenters. The highest BCUT2D eigenvalue weighted by Crippen LogP contribution is 2.22. The summed E-state index contributed by atoms with van der Waals surface area (Å²) < 4.78 is 1.78. The van der Waals surface area contributed by atoms with E-state index in [1.165, 1.54) is 0 Å². The molecular weight excluding hydrogens is 402 g/mol. The number of nitrogens with one attached hydrogen (secondary N) is 1. The molecule has 1 aromatic carbocycles. The van der Waals surface area contributed by atoms with E-state index in [9.17, 15) is 4.79 Å². The van der Waals surface area contributed by atoms with E-state index in [4.69, 9.17) is 4.98 Å². The van der Waals surface area contributed by atoms with E-state index in [2.05, 4.69) is 20.3 Å². The molecule has 0 aliphatic carbocycles. The Balaban J connectivity index is 1.13. The van der Waals surface area contributed by atoms with E-state index < -0.39 is 0 Å². The van der Waals surface area contributed by atoms with Crippen LogP contribution in [0, 0.1) is 0 Å². The van der Waals surface area contributed by atoms with Crippen LogP contribution in [0.5, 0.6) is 0 Å². The van der Waals surface area contributed by atoms with Crippen LogP contribution in [0.25, 0.3) is 11.3 Å². The molecule has 1 N–H and O–H groups in total. The average molecular weight is 432 g/mol. The number of aryl methyl sites for hydroxylation is 1. The minimum absolute atomic E-state index is 0.140. The minimum atomic E-state index is 0.140. The Labute approximate surface area is 188 Å². The second-order valence-electron chi connectivity index (χ2n) is 8.68. The first kappa shape index (κ1) is 20.6. The molecule has 32 heavy (non-hydrogen) atoms. The van der Waals surface area contributed by atoms with Gasteiger partial charge in [-0.25, -0.2) is 9.97 Å². The summed E-state index contributed by atoms with van der Waals surface area (Å²) >= 11 is 0. The number of nitrogens with zero attached hydrogens (tertiary/aromatic N) is 6. The lowest BCUT2D eigenvalue weighted by molar-refractivity contribution is 0.0702. The zero-order chi connectivity index (χ0) is 21.9. The van der Waals surface area contributed by atoms with Crippen molar-refractivity contribution in [1.82, 2.24) is 30.0 Å². The summed E-state index contributed by atoms with van der Waals surface area (Å²) in [6.45, 7) is 3.45. The molecule has 1 unspecified atom stereocenters. The molecule has 0 saturated carbocycles. The fourth-order valence-electron chi connectivity index (χ4n) is 4.64. The number of carbonyl (C=O) groups excluding carboxylic acids is 1. The molecule has 2 aliphatic heterocycles. The number of rotatable bonds is 5. The Bertz CT molecular complexity index is 1060. The summed E-state index contributed by atoms with van der Waals surface area (Å²) in [6, 6.07) is 12.4. The van der Waals surface area contributed by atoms with Gasteiger partial charge in [-0.3, -0.25) is 9.48 Å². The maximum Gasteiger partial charge on any atom is 0.253 e. The summed E-state index contributed by atoms with van der Waals surface area (Å²) in [5.41, 5.74) is 2.68. The molecule has 8 heteroatoms. The SMILES string of the molecule is Cn1cc(-c2ccnc(N3CCC(NC4CCN(C(=O)c5ccccc5)CC4)C3)n2)cn1. The van der Waals surface area contributed by atoms with Crippen molar-refractivity contribution in [2.45, 2.75) is 31.3 Å². The van der Waals surface area contributed by atoms with Gasteiger partial charge in [0.1, 0.15) is 0 Å². The van der Waals surface area contributed by atoms with Crippen LogP contribution in [-0.4, -0.2) is 68.8 Å². The van der Waals surface area contributed by atoms with E-state index in [1.807, 2.05) is 66.9 Å². The maximum atomic E-state index is 12.7. The van der Waals surface area contributed by atoms with Gasteiger partial charge in [-0.15, -0.1) is 0 Å². The predicted molar refractivity (Wildman–Crippen MR) is 123 cm³/mol. The molecule has 2 aliphatic rings. The number of benzene rings is 1. The average Bonchev–Trinajstić information content (AvgIpc) is 3.49. The van der Waals surface area contributed by atoms with Crippen LogP contribution in [0.4, 0.5) is 5.95 Å². The molecule has 0 spiro atoms. The van der Waals surface area contributed by atoms with Crippen molar-refractivity contribution >= 4 is 11.9 Å². The Morgan fingerprint density at radius 3 is 2.56 bits per heavy atom. The number of aromatic nitrogens is 4. The van der Waals surface area contributed by atoms with Crippen molar-refractivity contribution in [3.63, 3.8) is 0 Å². The van der Waals surface area contributed by atoms with Crippen LogP contribution in [0.2, 0.25) is 0 Å². The van der Waals surface area contributed by atoms with Crippen molar-refractivity contribution in [3.8, 4) is 11.3 Å². The van der Waals surface area contributed by atoms with Gasteiger partial charge in [-0.05, 0) is 37.5 Å². The molecular formula is C24H29N7O. The van der Waals surface area contributed by atoms with E-state index in [0.29, 0.717) is 12.1 Å². The van der Waals surface area contributed by atoms with Gasteiger partial charge in [0.25, 0.3) is 5.91 Å². The first-order valence-corrected chi connectivity index (χ1v) is 11.3. The van der Waals surface area contributed by atoms with Crippen LogP contribution in [0.1, 0.15) is 29.6 Å². The quantitative estimate of drug-likeness (QED) is 0.668. The first-order valence-electron chi connectivity index (χ1n) is 11.3. The molecule has 1 amide bonds. The zero-order valence-corrected chi connectivity index (χ0v) is 18.4. The number of hydrogen-bond acceptors (Lipinski definition) is 6. The second kappa shape index (κ2) is 9.08. The second-order valence-corrected chi connectivity index (χ2v) is 8.68. The lowest BCUT2D eigenvalue weighted by atomic mass is 10.0. The van der Waals surface area contributed by atoms with Crippen molar-refractivity contribution in [1.29, 1.82) is 0 Å². The predicted octanol–water partition coefficient (Wildman–Crippen LogP) is 2.35.